The lowest BCUT2D eigenvalue weighted by atomic mass is 10.2. The average Bonchev–Trinajstić information content (AvgIpc) is 2.30. The molecule has 0 saturated carbocycles. The van der Waals surface area contributed by atoms with Crippen LogP contribution in [0.25, 0.3) is 0 Å². The molecule has 1 unspecified atom stereocenters. The molecule has 0 aliphatic carbocycles. The summed E-state index contributed by atoms with van der Waals surface area (Å²) in [6, 6.07) is 0.747. The van der Waals surface area contributed by atoms with Crippen molar-refractivity contribution in [3.8, 4) is 0 Å². The Bertz CT molecular complexity index is 581. The summed E-state index contributed by atoms with van der Waals surface area (Å²) in [5, 5.41) is 0.0439. The summed E-state index contributed by atoms with van der Waals surface area (Å²) < 4.78 is 40.6. The van der Waals surface area contributed by atoms with Gasteiger partial charge in [0.25, 0.3) is 0 Å². The van der Waals surface area contributed by atoms with E-state index in [1.165, 1.54) is 0 Å². The fourth-order valence-corrected chi connectivity index (χ4v) is 3.57. The molecule has 0 aromatic heterocycles. The normalized spacial score (nSPS) is 13.5. The monoisotopic (exact) mass is 372 g/mol. The third kappa shape index (κ3) is 3.81. The van der Waals surface area contributed by atoms with Gasteiger partial charge in [-0.05, 0) is 35.3 Å². The molecule has 1 atom stereocenters. The Morgan fingerprint density at radius 3 is 2.68 bits per heavy atom. The van der Waals surface area contributed by atoms with Crippen LogP contribution in [0.3, 0.4) is 0 Å². The van der Waals surface area contributed by atoms with Crippen LogP contribution in [0.2, 0.25) is 5.02 Å². The number of nitrogen functional groups attached to an aromatic ring is 1. The third-order valence-electron chi connectivity index (χ3n) is 2.52. The molecule has 0 spiro atoms. The molecular formula is C11H15BrClFN2O2S. The van der Waals surface area contributed by atoms with E-state index in [2.05, 4.69) is 20.7 Å². The van der Waals surface area contributed by atoms with E-state index in [4.69, 9.17) is 17.3 Å². The van der Waals surface area contributed by atoms with Crippen LogP contribution < -0.4 is 10.5 Å². The summed E-state index contributed by atoms with van der Waals surface area (Å²) in [6.07, 6.45) is 1.47. The predicted octanol–water partition coefficient (Wildman–Crippen LogP) is 3.29. The Morgan fingerprint density at radius 2 is 2.16 bits per heavy atom. The van der Waals surface area contributed by atoms with Crippen molar-refractivity contribution in [3.63, 3.8) is 0 Å². The summed E-state index contributed by atoms with van der Waals surface area (Å²) in [5.41, 5.74) is 5.15. The highest BCUT2D eigenvalue weighted by atomic mass is 79.9. The molecule has 1 aromatic rings. The van der Waals surface area contributed by atoms with Gasteiger partial charge in [0.2, 0.25) is 10.0 Å². The Kier molecular flexibility index (Phi) is 5.61. The first-order valence-corrected chi connectivity index (χ1v) is 8.31. The highest BCUT2D eigenvalue weighted by molar-refractivity contribution is 9.10. The van der Waals surface area contributed by atoms with Crippen molar-refractivity contribution in [2.24, 2.45) is 0 Å². The molecule has 0 amide bonds. The number of benzene rings is 1. The second kappa shape index (κ2) is 6.39. The molecule has 108 valence electrons. The maximum atomic E-state index is 13.9. The van der Waals surface area contributed by atoms with Crippen molar-refractivity contribution in [2.75, 3.05) is 5.73 Å². The minimum absolute atomic E-state index is 0.0439. The van der Waals surface area contributed by atoms with Crippen LogP contribution in [-0.2, 0) is 10.0 Å². The molecule has 1 rings (SSSR count). The van der Waals surface area contributed by atoms with Gasteiger partial charge in [0.05, 0.1) is 15.2 Å². The summed E-state index contributed by atoms with van der Waals surface area (Å²) in [6.45, 7) is 3.64. The van der Waals surface area contributed by atoms with Crippen molar-refractivity contribution in [1.29, 1.82) is 0 Å². The topological polar surface area (TPSA) is 72.2 Å². The number of hydrogen-bond acceptors (Lipinski definition) is 3. The molecule has 1 aromatic carbocycles. The van der Waals surface area contributed by atoms with E-state index in [0.29, 0.717) is 6.42 Å². The van der Waals surface area contributed by atoms with Gasteiger partial charge in [0, 0.05) is 6.04 Å². The van der Waals surface area contributed by atoms with E-state index >= 15 is 0 Å². The van der Waals surface area contributed by atoms with E-state index in [0.717, 1.165) is 12.5 Å². The molecule has 19 heavy (non-hydrogen) atoms. The van der Waals surface area contributed by atoms with Crippen molar-refractivity contribution in [1.82, 2.24) is 4.72 Å². The van der Waals surface area contributed by atoms with Crippen LogP contribution in [0.5, 0.6) is 0 Å². The minimum Gasteiger partial charge on any atom is -0.395 e. The molecule has 8 heteroatoms. The Hall–Kier alpha value is -0.370. The summed E-state index contributed by atoms with van der Waals surface area (Å²) in [4.78, 5) is -0.541. The summed E-state index contributed by atoms with van der Waals surface area (Å²) >= 11 is 8.80. The highest BCUT2D eigenvalue weighted by Gasteiger charge is 2.25. The zero-order valence-corrected chi connectivity index (χ0v) is 13.7. The smallest absolute Gasteiger partial charge is 0.243 e. The molecule has 4 nitrogen and oxygen atoms in total. The zero-order chi connectivity index (χ0) is 14.8. The molecule has 0 aliphatic heterocycles. The summed E-state index contributed by atoms with van der Waals surface area (Å²) in [5.74, 6) is -1.01. The lowest BCUT2D eigenvalue weighted by Crippen LogP contribution is -2.33. The van der Waals surface area contributed by atoms with Crippen LogP contribution in [0.4, 0.5) is 10.1 Å². The lowest BCUT2D eigenvalue weighted by Gasteiger charge is -2.15. The molecular weight excluding hydrogens is 359 g/mol. The van der Waals surface area contributed by atoms with Gasteiger partial charge in [-0.15, -0.1) is 0 Å². The first kappa shape index (κ1) is 16.7. The van der Waals surface area contributed by atoms with E-state index in [1.807, 2.05) is 6.92 Å². The molecule has 0 fully saturated rings. The standard InChI is InChI=1S/C11H15BrClFN2O2S/c1-3-4-6(2)16-19(17,18)8-5-7(13)9(12)11(15)10(8)14/h5-6,16H,3-4,15H2,1-2H3. The van der Waals surface area contributed by atoms with Gasteiger partial charge in [-0.2, -0.15) is 0 Å². The Labute approximate surface area is 125 Å². The van der Waals surface area contributed by atoms with E-state index < -0.39 is 20.7 Å². The fraction of sp³-hybridized carbons (Fsp3) is 0.455. The number of hydrogen-bond donors (Lipinski definition) is 2. The molecule has 0 radical (unpaired) electrons. The van der Waals surface area contributed by atoms with Crippen LogP contribution >= 0.6 is 27.5 Å². The largest absolute Gasteiger partial charge is 0.395 e. The number of halogens is 3. The maximum absolute atomic E-state index is 13.9. The third-order valence-corrected chi connectivity index (χ3v) is 5.49. The second-order valence-electron chi connectivity index (χ2n) is 4.21. The zero-order valence-electron chi connectivity index (χ0n) is 10.5. The number of anilines is 1. The van der Waals surface area contributed by atoms with Gasteiger partial charge in [0.1, 0.15) is 4.90 Å². The van der Waals surface area contributed by atoms with Crippen LogP contribution in [0.15, 0.2) is 15.4 Å². The van der Waals surface area contributed by atoms with Gasteiger partial charge >= 0.3 is 0 Å². The van der Waals surface area contributed by atoms with Crippen LogP contribution in [-0.4, -0.2) is 14.5 Å². The van der Waals surface area contributed by atoms with Crippen molar-refractivity contribution < 1.29 is 12.8 Å². The second-order valence-corrected chi connectivity index (χ2v) is 7.09. The van der Waals surface area contributed by atoms with Crippen molar-refractivity contribution in [2.45, 2.75) is 37.6 Å². The first-order valence-electron chi connectivity index (χ1n) is 5.66. The van der Waals surface area contributed by atoms with Gasteiger partial charge in [0.15, 0.2) is 5.82 Å². The number of nitrogens with two attached hydrogens (primary N) is 1. The van der Waals surface area contributed by atoms with Crippen molar-refractivity contribution >= 4 is 43.2 Å². The van der Waals surface area contributed by atoms with Crippen LogP contribution in [0.1, 0.15) is 26.7 Å². The quantitative estimate of drug-likeness (QED) is 0.614. The predicted molar refractivity (Wildman–Crippen MR) is 78.2 cm³/mol. The van der Waals surface area contributed by atoms with E-state index in [1.54, 1.807) is 6.92 Å². The number of nitrogens with one attached hydrogen (secondary N) is 1. The lowest BCUT2D eigenvalue weighted by molar-refractivity contribution is 0.532. The Morgan fingerprint density at radius 1 is 1.58 bits per heavy atom. The first-order chi connectivity index (χ1) is 8.70. The van der Waals surface area contributed by atoms with Crippen LogP contribution in [0, 0.1) is 5.82 Å². The molecule has 0 heterocycles. The highest BCUT2D eigenvalue weighted by Crippen LogP contribution is 2.34. The molecule has 0 bridgehead atoms. The summed E-state index contributed by atoms with van der Waals surface area (Å²) in [7, 11) is -3.98. The number of sulfonamides is 1. The minimum atomic E-state index is -3.98. The SMILES string of the molecule is CCCC(C)NS(=O)(=O)c1cc(Cl)c(Br)c(N)c1F. The van der Waals surface area contributed by atoms with E-state index in [-0.39, 0.29) is 21.2 Å². The molecule has 3 N–H and O–H groups in total. The van der Waals surface area contributed by atoms with Crippen molar-refractivity contribution in [3.05, 3.63) is 21.4 Å². The van der Waals surface area contributed by atoms with Gasteiger partial charge in [-0.25, -0.2) is 17.5 Å². The fourth-order valence-electron chi connectivity index (χ4n) is 1.62. The molecule has 0 saturated heterocycles. The number of rotatable bonds is 5. The van der Waals surface area contributed by atoms with Gasteiger partial charge in [-0.1, -0.05) is 24.9 Å². The molecule has 0 aliphatic rings. The van der Waals surface area contributed by atoms with E-state index in [9.17, 15) is 12.8 Å². The van der Waals surface area contributed by atoms with Gasteiger partial charge in [-0.3, -0.25) is 0 Å². The average molecular weight is 374 g/mol. The maximum Gasteiger partial charge on any atom is 0.243 e. The van der Waals surface area contributed by atoms with Gasteiger partial charge < -0.3 is 5.73 Å². The Balaban J connectivity index is 3.23.